The summed E-state index contributed by atoms with van der Waals surface area (Å²) in [6, 6.07) is 3.57. The minimum atomic E-state index is -0.560. The van der Waals surface area contributed by atoms with Gasteiger partial charge in [-0.1, -0.05) is 0 Å². The second kappa shape index (κ2) is 4.59. The van der Waals surface area contributed by atoms with Gasteiger partial charge in [-0.05, 0) is 30.4 Å². The summed E-state index contributed by atoms with van der Waals surface area (Å²) in [7, 11) is 0. The molecule has 1 N–H and O–H groups in total. The van der Waals surface area contributed by atoms with Crippen LogP contribution in [0.2, 0.25) is 0 Å². The smallest absolute Gasteiger partial charge is 0.204 e. The van der Waals surface area contributed by atoms with Gasteiger partial charge in [-0.3, -0.25) is 4.79 Å². The average Bonchev–Trinajstić information content (AvgIpc) is 2.19. The lowest BCUT2D eigenvalue weighted by Gasteiger charge is -1.99. The highest BCUT2D eigenvalue weighted by Crippen LogP contribution is 2.12. The molecule has 2 aromatic rings. The van der Waals surface area contributed by atoms with Gasteiger partial charge in [0.15, 0.2) is 5.05 Å². The van der Waals surface area contributed by atoms with Crippen LogP contribution in [-0.2, 0) is 0 Å². The molecule has 0 spiro atoms. The van der Waals surface area contributed by atoms with Crippen molar-refractivity contribution >= 4 is 40.6 Å². The Morgan fingerprint density at radius 3 is 2.75 bits per heavy atom. The summed E-state index contributed by atoms with van der Waals surface area (Å²) >= 11 is 4.45. The first-order valence-electron chi connectivity index (χ1n) is 4.04. The molecule has 16 heavy (non-hydrogen) atoms. The molecule has 0 unspecified atom stereocenters. The molecule has 6 heteroatoms. The van der Waals surface area contributed by atoms with E-state index in [2.05, 4.69) is 12.2 Å². The van der Waals surface area contributed by atoms with Crippen LogP contribution >= 0.6 is 24.6 Å². The third kappa shape index (κ3) is 2.05. The van der Waals surface area contributed by atoms with Gasteiger partial charge >= 0.3 is 0 Å². The highest BCUT2D eigenvalue weighted by Gasteiger charge is 2.10. The first-order valence-corrected chi connectivity index (χ1v) is 4.45. The predicted molar refractivity (Wildman–Crippen MR) is 64.0 cm³/mol. The lowest BCUT2D eigenvalue weighted by molar-refractivity contribution is 0.557. The fourth-order valence-electron chi connectivity index (χ4n) is 1.25. The first kappa shape index (κ1) is 12.6. The van der Waals surface area contributed by atoms with Crippen molar-refractivity contribution in [1.29, 1.82) is 0 Å². The molecule has 0 fully saturated rings. The predicted octanol–water partition coefficient (Wildman–Crippen LogP) is 2.59. The number of aliphatic hydroxyl groups is 1. The van der Waals surface area contributed by atoms with Crippen molar-refractivity contribution < 1.29 is 13.9 Å². The molecule has 1 aromatic heterocycles. The molecule has 0 atom stereocenters. The largest absolute Gasteiger partial charge is 0.498 e. The second-order valence-corrected chi connectivity index (χ2v) is 3.31. The zero-order valence-corrected chi connectivity index (χ0v) is 9.40. The first-order chi connectivity index (χ1) is 7.09. The van der Waals surface area contributed by atoms with Gasteiger partial charge in [0.2, 0.25) is 5.43 Å². The quantitative estimate of drug-likeness (QED) is 0.801. The normalized spacial score (nSPS) is 9.81. The Hall–Kier alpha value is -1.46. The van der Waals surface area contributed by atoms with E-state index in [0.717, 1.165) is 12.3 Å². The zero-order valence-electron chi connectivity index (χ0n) is 7.77. The van der Waals surface area contributed by atoms with Crippen LogP contribution in [0.5, 0.6) is 0 Å². The number of halogens is 2. The summed E-state index contributed by atoms with van der Waals surface area (Å²) in [5.74, 6) is -0.546. The van der Waals surface area contributed by atoms with E-state index >= 15 is 0 Å². The molecule has 0 aliphatic carbocycles. The van der Waals surface area contributed by atoms with Crippen molar-refractivity contribution in [2.45, 2.75) is 0 Å². The number of hydrogen-bond donors (Lipinski definition) is 1. The van der Waals surface area contributed by atoms with Crippen LogP contribution in [0, 0.1) is 5.82 Å². The number of aliphatic hydroxyl groups excluding tert-OH is 1. The minimum Gasteiger partial charge on any atom is -0.498 e. The Bertz CT molecular complexity index is 609. The van der Waals surface area contributed by atoms with Crippen LogP contribution in [0.4, 0.5) is 4.39 Å². The molecule has 1 aromatic carbocycles. The van der Waals surface area contributed by atoms with Gasteiger partial charge < -0.3 is 9.52 Å². The van der Waals surface area contributed by atoms with E-state index in [4.69, 9.17) is 9.52 Å². The highest BCUT2D eigenvalue weighted by atomic mass is 35.5. The van der Waals surface area contributed by atoms with Crippen LogP contribution in [0.1, 0.15) is 5.56 Å². The van der Waals surface area contributed by atoms with E-state index < -0.39 is 16.3 Å². The molecule has 0 aliphatic rings. The summed E-state index contributed by atoms with van der Waals surface area (Å²) in [4.78, 5) is 11.6. The Morgan fingerprint density at radius 1 is 1.44 bits per heavy atom. The van der Waals surface area contributed by atoms with E-state index in [0.29, 0.717) is 0 Å². The molecule has 0 bridgehead atoms. The molecule has 0 saturated heterocycles. The summed E-state index contributed by atoms with van der Waals surface area (Å²) in [5, 5.41) is 8.51. The zero-order chi connectivity index (χ0) is 11.0. The van der Waals surface area contributed by atoms with Crippen molar-refractivity contribution in [3.63, 3.8) is 0 Å². The number of benzene rings is 1. The van der Waals surface area contributed by atoms with Crippen LogP contribution < -0.4 is 5.43 Å². The molecule has 3 nitrogen and oxygen atoms in total. The molecule has 0 saturated carbocycles. The summed E-state index contributed by atoms with van der Waals surface area (Å²) in [6.45, 7) is 0. The highest BCUT2D eigenvalue weighted by molar-refractivity contribution is 7.80. The fraction of sp³-hybridized carbons (Fsp3) is 0. The standard InChI is InChI=1S/C10H5FO3S.ClH/c11-5-1-2-8-6(3-5)9(12)7(4-14-8)10(13)15;/h1-4H,(H,13,15);1H. The van der Waals surface area contributed by atoms with Gasteiger partial charge in [0.25, 0.3) is 0 Å². The third-order valence-corrected chi connectivity index (χ3v) is 2.18. The Morgan fingerprint density at radius 2 is 2.12 bits per heavy atom. The lowest BCUT2D eigenvalue weighted by atomic mass is 10.2. The van der Waals surface area contributed by atoms with Crippen molar-refractivity contribution in [2.75, 3.05) is 0 Å². The molecule has 0 radical (unpaired) electrons. The Balaban J connectivity index is 0.00000128. The molecular formula is C10H6ClFO3S. The van der Waals surface area contributed by atoms with Crippen molar-refractivity contribution in [2.24, 2.45) is 0 Å². The van der Waals surface area contributed by atoms with Gasteiger partial charge in [0.05, 0.1) is 5.39 Å². The van der Waals surface area contributed by atoms with E-state index in [1.807, 2.05) is 0 Å². The van der Waals surface area contributed by atoms with Gasteiger partial charge in [-0.2, -0.15) is 0 Å². The van der Waals surface area contributed by atoms with Crippen molar-refractivity contribution in [1.82, 2.24) is 0 Å². The van der Waals surface area contributed by atoms with E-state index in [1.165, 1.54) is 12.1 Å². The maximum atomic E-state index is 12.9. The minimum absolute atomic E-state index is 0. The third-order valence-electron chi connectivity index (χ3n) is 1.97. The van der Waals surface area contributed by atoms with Gasteiger partial charge in [0, 0.05) is 0 Å². The fourth-order valence-corrected chi connectivity index (χ4v) is 1.39. The summed E-state index contributed by atoms with van der Waals surface area (Å²) in [5.41, 5.74) is -0.423. The monoisotopic (exact) mass is 260 g/mol. The molecular weight excluding hydrogens is 255 g/mol. The van der Waals surface area contributed by atoms with Crippen LogP contribution in [0.15, 0.2) is 33.7 Å². The van der Waals surface area contributed by atoms with Crippen LogP contribution in [-0.4, -0.2) is 10.2 Å². The summed E-state index contributed by atoms with van der Waals surface area (Å²) in [6.07, 6.45) is 1.06. The molecule has 0 aliphatic heterocycles. The van der Waals surface area contributed by atoms with E-state index in [-0.39, 0.29) is 28.9 Å². The second-order valence-electron chi connectivity index (χ2n) is 2.92. The SMILES string of the molecule is Cl.O=c1c(C(O)=S)coc2ccc(F)cc12. The maximum Gasteiger partial charge on any atom is 0.204 e. The number of fused-ring (bicyclic) bond motifs is 1. The van der Waals surface area contributed by atoms with E-state index in [9.17, 15) is 9.18 Å². The van der Waals surface area contributed by atoms with Crippen molar-refractivity contribution in [3.8, 4) is 0 Å². The average molecular weight is 261 g/mol. The topological polar surface area (TPSA) is 50.4 Å². The number of hydrogen-bond acceptors (Lipinski definition) is 3. The molecule has 0 amide bonds. The van der Waals surface area contributed by atoms with Gasteiger partial charge in [0.1, 0.15) is 23.2 Å². The van der Waals surface area contributed by atoms with Crippen LogP contribution in [0.25, 0.3) is 11.0 Å². The lowest BCUT2D eigenvalue weighted by Crippen LogP contribution is -2.13. The molecule has 1 heterocycles. The van der Waals surface area contributed by atoms with E-state index in [1.54, 1.807) is 0 Å². The summed E-state index contributed by atoms with van der Waals surface area (Å²) < 4.78 is 17.9. The number of rotatable bonds is 1. The van der Waals surface area contributed by atoms with Crippen molar-refractivity contribution in [3.05, 3.63) is 46.1 Å². The van der Waals surface area contributed by atoms with Gasteiger partial charge in [-0.15, -0.1) is 12.4 Å². The Kier molecular flexibility index (Phi) is 3.62. The van der Waals surface area contributed by atoms with Crippen LogP contribution in [0.3, 0.4) is 0 Å². The maximum absolute atomic E-state index is 12.9. The number of thiocarbonyl (C=S) groups is 1. The molecule has 84 valence electrons. The van der Waals surface area contributed by atoms with Gasteiger partial charge in [-0.25, -0.2) is 4.39 Å². The molecule has 2 rings (SSSR count). The Labute approximate surface area is 101 Å².